The summed E-state index contributed by atoms with van der Waals surface area (Å²) in [6, 6.07) is 6.49. The maximum atomic E-state index is 11.3. The first-order valence-electron chi connectivity index (χ1n) is 6.06. The van der Waals surface area contributed by atoms with Crippen LogP contribution in [0.15, 0.2) is 22.7 Å². The fourth-order valence-electron chi connectivity index (χ4n) is 2.25. The van der Waals surface area contributed by atoms with Crippen molar-refractivity contribution >= 4 is 21.7 Å². The molecule has 0 bridgehead atoms. The van der Waals surface area contributed by atoms with E-state index in [1.54, 1.807) is 6.92 Å². The van der Waals surface area contributed by atoms with Crippen LogP contribution in [0.3, 0.4) is 0 Å². The third-order valence-corrected chi connectivity index (χ3v) is 3.98. The summed E-state index contributed by atoms with van der Waals surface area (Å²) in [6.07, 6.45) is 1.08. The Kier molecular flexibility index (Phi) is 4.00. The molecular formula is C14H18BrNO. The highest BCUT2D eigenvalue weighted by molar-refractivity contribution is 9.10. The van der Waals surface area contributed by atoms with Gasteiger partial charge in [0.2, 0.25) is 0 Å². The van der Waals surface area contributed by atoms with Crippen molar-refractivity contribution in [2.45, 2.75) is 26.8 Å². The van der Waals surface area contributed by atoms with Crippen LogP contribution < -0.4 is 0 Å². The molecule has 0 saturated carbocycles. The molecule has 0 N–H and O–H groups in total. The fraction of sp³-hybridized carbons (Fsp3) is 0.500. The van der Waals surface area contributed by atoms with Crippen LogP contribution in [0, 0.1) is 5.92 Å². The van der Waals surface area contributed by atoms with Gasteiger partial charge in [-0.3, -0.25) is 9.69 Å². The van der Waals surface area contributed by atoms with E-state index < -0.39 is 0 Å². The minimum atomic E-state index is 0.145. The average Bonchev–Trinajstić information content (AvgIpc) is 2.29. The van der Waals surface area contributed by atoms with Crippen molar-refractivity contribution in [1.82, 2.24) is 4.90 Å². The Morgan fingerprint density at radius 3 is 2.94 bits per heavy atom. The van der Waals surface area contributed by atoms with Gasteiger partial charge in [0.25, 0.3) is 0 Å². The van der Waals surface area contributed by atoms with Gasteiger partial charge in [-0.1, -0.05) is 28.9 Å². The van der Waals surface area contributed by atoms with E-state index in [1.807, 2.05) is 6.92 Å². The summed E-state index contributed by atoms with van der Waals surface area (Å²) in [5.74, 6) is 0.429. The lowest BCUT2D eigenvalue weighted by Crippen LogP contribution is -2.35. The Hall–Kier alpha value is -0.670. The van der Waals surface area contributed by atoms with Gasteiger partial charge in [0, 0.05) is 30.0 Å². The Balaban J connectivity index is 2.04. The molecule has 0 saturated heterocycles. The molecule has 2 rings (SSSR count). The van der Waals surface area contributed by atoms with Gasteiger partial charge in [0.05, 0.1) is 0 Å². The van der Waals surface area contributed by atoms with E-state index in [4.69, 9.17) is 0 Å². The molecule has 3 heteroatoms. The van der Waals surface area contributed by atoms with E-state index in [0.717, 1.165) is 30.5 Å². The molecule has 1 aliphatic heterocycles. The zero-order valence-electron chi connectivity index (χ0n) is 10.4. The van der Waals surface area contributed by atoms with Crippen LogP contribution in [0.4, 0.5) is 0 Å². The first-order chi connectivity index (χ1) is 8.06. The Bertz CT molecular complexity index is 430. The lowest BCUT2D eigenvalue weighted by Gasteiger charge is -2.30. The zero-order valence-corrected chi connectivity index (χ0v) is 12.0. The molecule has 92 valence electrons. The van der Waals surface area contributed by atoms with Crippen molar-refractivity contribution in [3.63, 3.8) is 0 Å². The van der Waals surface area contributed by atoms with Crippen LogP contribution >= 0.6 is 15.9 Å². The van der Waals surface area contributed by atoms with Crippen LogP contribution in [0.25, 0.3) is 0 Å². The minimum absolute atomic E-state index is 0.145. The van der Waals surface area contributed by atoms with Gasteiger partial charge >= 0.3 is 0 Å². The molecular weight excluding hydrogens is 278 g/mol. The number of benzene rings is 1. The van der Waals surface area contributed by atoms with E-state index in [2.05, 4.69) is 39.0 Å². The minimum Gasteiger partial charge on any atom is -0.300 e. The van der Waals surface area contributed by atoms with Crippen molar-refractivity contribution in [3.8, 4) is 0 Å². The highest BCUT2D eigenvalue weighted by Gasteiger charge is 2.19. The van der Waals surface area contributed by atoms with Gasteiger partial charge < -0.3 is 0 Å². The van der Waals surface area contributed by atoms with Crippen molar-refractivity contribution in [3.05, 3.63) is 33.8 Å². The quantitative estimate of drug-likeness (QED) is 0.854. The van der Waals surface area contributed by atoms with Crippen molar-refractivity contribution in [2.24, 2.45) is 5.92 Å². The molecule has 1 unspecified atom stereocenters. The first-order valence-corrected chi connectivity index (χ1v) is 6.85. The number of fused-ring (bicyclic) bond motifs is 1. The van der Waals surface area contributed by atoms with E-state index in [1.165, 1.54) is 11.1 Å². The van der Waals surface area contributed by atoms with Crippen molar-refractivity contribution < 1.29 is 4.79 Å². The predicted molar refractivity (Wildman–Crippen MR) is 73.0 cm³/mol. The number of ketones is 1. The summed E-state index contributed by atoms with van der Waals surface area (Å²) in [6.45, 7) is 6.60. The third-order valence-electron chi connectivity index (χ3n) is 3.49. The molecule has 1 aromatic rings. The first kappa shape index (κ1) is 12.8. The van der Waals surface area contributed by atoms with Gasteiger partial charge in [0.1, 0.15) is 5.78 Å². The lowest BCUT2D eigenvalue weighted by molar-refractivity contribution is -0.120. The molecule has 17 heavy (non-hydrogen) atoms. The largest absolute Gasteiger partial charge is 0.300 e. The molecule has 0 amide bonds. The lowest BCUT2D eigenvalue weighted by atomic mass is 9.98. The number of Topliss-reactive ketones (excluding diaryl/α,β-unsaturated/α-hetero) is 1. The molecule has 1 aliphatic rings. The molecule has 0 aromatic heterocycles. The molecule has 1 atom stereocenters. The smallest absolute Gasteiger partial charge is 0.133 e. The van der Waals surface area contributed by atoms with Crippen LogP contribution in [-0.2, 0) is 17.8 Å². The highest BCUT2D eigenvalue weighted by atomic mass is 79.9. The summed E-state index contributed by atoms with van der Waals surface area (Å²) < 4.78 is 1.15. The molecule has 0 fully saturated rings. The summed E-state index contributed by atoms with van der Waals surface area (Å²) in [5, 5.41) is 0. The number of carbonyl (C=O) groups is 1. The summed E-state index contributed by atoms with van der Waals surface area (Å²) >= 11 is 3.51. The second-order valence-electron chi connectivity index (χ2n) is 4.91. The van der Waals surface area contributed by atoms with Gasteiger partial charge in [-0.15, -0.1) is 0 Å². The number of carbonyl (C=O) groups excluding carboxylic acids is 1. The summed E-state index contributed by atoms with van der Waals surface area (Å²) in [7, 11) is 0. The van der Waals surface area contributed by atoms with E-state index in [0.29, 0.717) is 0 Å². The SMILES string of the molecule is CC(=O)C(C)CN1CCc2cc(Br)ccc2C1. The molecule has 2 nitrogen and oxygen atoms in total. The molecule has 0 radical (unpaired) electrons. The molecule has 0 spiro atoms. The second kappa shape index (κ2) is 5.32. The highest BCUT2D eigenvalue weighted by Crippen LogP contribution is 2.23. The van der Waals surface area contributed by atoms with E-state index >= 15 is 0 Å². The number of rotatable bonds is 3. The summed E-state index contributed by atoms with van der Waals surface area (Å²) in [5.41, 5.74) is 2.83. The Labute approximate surface area is 111 Å². The zero-order chi connectivity index (χ0) is 12.4. The maximum absolute atomic E-state index is 11.3. The van der Waals surface area contributed by atoms with Gasteiger partial charge in [-0.2, -0.15) is 0 Å². The van der Waals surface area contributed by atoms with Gasteiger partial charge in [-0.25, -0.2) is 0 Å². The maximum Gasteiger partial charge on any atom is 0.133 e. The van der Waals surface area contributed by atoms with Crippen LogP contribution in [-0.4, -0.2) is 23.8 Å². The summed E-state index contributed by atoms with van der Waals surface area (Å²) in [4.78, 5) is 13.7. The topological polar surface area (TPSA) is 20.3 Å². The third kappa shape index (κ3) is 3.17. The molecule has 1 aromatic carbocycles. The van der Waals surface area contributed by atoms with Gasteiger partial charge in [0.15, 0.2) is 0 Å². The monoisotopic (exact) mass is 295 g/mol. The Morgan fingerprint density at radius 2 is 2.24 bits per heavy atom. The van der Waals surface area contributed by atoms with Crippen LogP contribution in [0.5, 0.6) is 0 Å². The van der Waals surface area contributed by atoms with E-state index in [9.17, 15) is 4.79 Å². The van der Waals surface area contributed by atoms with Crippen LogP contribution in [0.1, 0.15) is 25.0 Å². The standard InChI is InChI=1S/C14H18BrNO/c1-10(11(2)17)8-16-6-5-12-7-14(15)4-3-13(12)9-16/h3-4,7,10H,5-6,8-9H2,1-2H3. The molecule has 1 heterocycles. The second-order valence-corrected chi connectivity index (χ2v) is 5.83. The predicted octanol–water partition coefficient (Wildman–Crippen LogP) is 3.03. The number of hydrogen-bond acceptors (Lipinski definition) is 2. The number of hydrogen-bond donors (Lipinski definition) is 0. The van der Waals surface area contributed by atoms with Crippen molar-refractivity contribution in [1.29, 1.82) is 0 Å². The normalized spacial score (nSPS) is 17.6. The van der Waals surface area contributed by atoms with E-state index in [-0.39, 0.29) is 11.7 Å². The Morgan fingerprint density at radius 1 is 1.47 bits per heavy atom. The van der Waals surface area contributed by atoms with Crippen molar-refractivity contribution in [2.75, 3.05) is 13.1 Å². The number of nitrogens with zero attached hydrogens (tertiary/aromatic N) is 1. The van der Waals surface area contributed by atoms with Gasteiger partial charge in [-0.05, 0) is 36.6 Å². The number of halogens is 1. The molecule has 0 aliphatic carbocycles. The van der Waals surface area contributed by atoms with Crippen LogP contribution in [0.2, 0.25) is 0 Å². The fourth-order valence-corrected chi connectivity index (χ4v) is 2.66. The average molecular weight is 296 g/mol.